The van der Waals surface area contributed by atoms with E-state index in [4.69, 9.17) is 0 Å². The standard InChI is InChI=1S/C15H8N2O2.C8H12N2O2/c18-8-16-13-6-4-10-2-1-3-11-14(17-9-19)7-5-12(13)15(10)11;11-7-9-5-3-1-2-4-6-10-8-12/h1-7,14H;1-6H2. The Balaban J connectivity index is 0.000000248. The van der Waals surface area contributed by atoms with E-state index in [-0.39, 0.29) is 6.04 Å². The molecule has 0 bridgehead atoms. The van der Waals surface area contributed by atoms with Gasteiger partial charge >= 0.3 is 0 Å². The molecule has 156 valence electrons. The lowest BCUT2D eigenvalue weighted by molar-refractivity contribution is 0.558. The van der Waals surface area contributed by atoms with Crippen LogP contribution in [0.25, 0.3) is 16.8 Å². The zero-order valence-electron chi connectivity index (χ0n) is 16.8. The molecule has 0 saturated heterocycles. The summed E-state index contributed by atoms with van der Waals surface area (Å²) >= 11 is 0. The summed E-state index contributed by atoms with van der Waals surface area (Å²) in [5.74, 6) is 0. The fourth-order valence-corrected chi connectivity index (χ4v) is 3.27. The summed E-state index contributed by atoms with van der Waals surface area (Å²) in [5, 5.41) is 1.98. The van der Waals surface area contributed by atoms with Gasteiger partial charge in [0, 0.05) is 5.56 Å². The van der Waals surface area contributed by atoms with Crippen LogP contribution in [-0.4, -0.2) is 37.4 Å². The molecule has 0 heterocycles. The lowest BCUT2D eigenvalue weighted by Crippen LogP contribution is -1.99. The third kappa shape index (κ3) is 6.76. The number of rotatable bonds is 9. The highest BCUT2D eigenvalue weighted by molar-refractivity contribution is 5.99. The lowest BCUT2D eigenvalue weighted by atomic mass is 9.89. The predicted octanol–water partition coefficient (Wildman–Crippen LogP) is 4.43. The Kier molecular flexibility index (Phi) is 9.92. The van der Waals surface area contributed by atoms with E-state index in [1.807, 2.05) is 30.3 Å². The van der Waals surface area contributed by atoms with E-state index in [9.17, 15) is 19.2 Å². The molecule has 0 radical (unpaired) electrons. The molecule has 0 amide bonds. The molecule has 0 spiro atoms. The van der Waals surface area contributed by atoms with Crippen LogP contribution < -0.4 is 0 Å². The second kappa shape index (κ2) is 13.2. The molecule has 8 heteroatoms. The highest BCUT2D eigenvalue weighted by Crippen LogP contribution is 2.39. The van der Waals surface area contributed by atoms with Crippen LogP contribution in [-0.2, 0) is 19.2 Å². The SMILES string of the molecule is O=C=NCCCCCCN=C=O.O=C=Nc1ccc2cccc3c2c1C=CC3N=C=O. The number of carbonyl (C=O) groups excluding carboxylic acids is 4. The van der Waals surface area contributed by atoms with Gasteiger partial charge < -0.3 is 0 Å². The largest absolute Gasteiger partial charge is 0.240 e. The van der Waals surface area contributed by atoms with Crippen molar-refractivity contribution in [3.63, 3.8) is 0 Å². The van der Waals surface area contributed by atoms with Gasteiger partial charge in [0.1, 0.15) is 6.04 Å². The van der Waals surface area contributed by atoms with Gasteiger partial charge in [0.2, 0.25) is 24.3 Å². The van der Waals surface area contributed by atoms with Gasteiger partial charge in [-0.15, -0.1) is 0 Å². The van der Waals surface area contributed by atoms with Crippen LogP contribution >= 0.6 is 0 Å². The van der Waals surface area contributed by atoms with Crippen molar-refractivity contribution in [1.29, 1.82) is 0 Å². The predicted molar refractivity (Wildman–Crippen MR) is 116 cm³/mol. The monoisotopic (exact) mass is 416 g/mol. The molecular formula is C23H20N4O4. The molecule has 1 atom stereocenters. The highest BCUT2D eigenvalue weighted by Gasteiger charge is 2.18. The Morgan fingerprint density at radius 3 is 2.10 bits per heavy atom. The minimum Gasteiger partial charge on any atom is -0.211 e. The maximum absolute atomic E-state index is 10.5. The molecule has 31 heavy (non-hydrogen) atoms. The minimum absolute atomic E-state index is 0.329. The maximum Gasteiger partial charge on any atom is 0.240 e. The van der Waals surface area contributed by atoms with Crippen molar-refractivity contribution in [2.75, 3.05) is 13.1 Å². The van der Waals surface area contributed by atoms with Crippen molar-refractivity contribution >= 4 is 46.9 Å². The van der Waals surface area contributed by atoms with E-state index >= 15 is 0 Å². The fourth-order valence-electron chi connectivity index (χ4n) is 3.27. The maximum atomic E-state index is 10.5. The van der Waals surface area contributed by atoms with Crippen molar-refractivity contribution in [3.05, 3.63) is 47.5 Å². The van der Waals surface area contributed by atoms with Gasteiger partial charge in [0.25, 0.3) is 0 Å². The number of isocyanates is 4. The second-order valence-corrected chi connectivity index (χ2v) is 6.53. The van der Waals surface area contributed by atoms with Crippen LogP contribution in [0.4, 0.5) is 5.69 Å². The molecule has 2 aromatic carbocycles. The number of nitrogens with zero attached hydrogens (tertiary/aromatic N) is 4. The minimum atomic E-state index is -0.329. The van der Waals surface area contributed by atoms with Crippen LogP contribution in [0.3, 0.4) is 0 Å². The van der Waals surface area contributed by atoms with Crippen molar-refractivity contribution in [2.45, 2.75) is 31.7 Å². The van der Waals surface area contributed by atoms with Crippen LogP contribution in [0.2, 0.25) is 0 Å². The van der Waals surface area contributed by atoms with E-state index in [0.717, 1.165) is 47.6 Å². The summed E-state index contributed by atoms with van der Waals surface area (Å²) in [6.45, 7) is 1.11. The third-order valence-electron chi connectivity index (χ3n) is 4.64. The molecule has 0 saturated carbocycles. The molecule has 0 aromatic heterocycles. The lowest BCUT2D eigenvalue weighted by Gasteiger charge is -2.18. The van der Waals surface area contributed by atoms with E-state index < -0.39 is 0 Å². The van der Waals surface area contributed by atoms with Crippen molar-refractivity contribution in [3.8, 4) is 0 Å². The number of unbranched alkanes of at least 4 members (excludes halogenated alkanes) is 3. The van der Waals surface area contributed by atoms with Crippen LogP contribution in [0.1, 0.15) is 42.9 Å². The van der Waals surface area contributed by atoms with Crippen LogP contribution in [0.15, 0.2) is 56.4 Å². The third-order valence-corrected chi connectivity index (χ3v) is 4.64. The molecule has 1 aliphatic carbocycles. The molecule has 0 N–H and O–H groups in total. The van der Waals surface area contributed by atoms with Gasteiger partial charge in [-0.05, 0) is 35.2 Å². The van der Waals surface area contributed by atoms with E-state index in [1.54, 1.807) is 24.3 Å². The molecule has 2 aromatic rings. The molecule has 0 fully saturated rings. The van der Waals surface area contributed by atoms with Gasteiger partial charge in [-0.2, -0.15) is 9.98 Å². The first-order chi connectivity index (χ1) is 15.3. The molecule has 1 aliphatic rings. The molecule has 8 nitrogen and oxygen atoms in total. The normalized spacial score (nSPS) is 12.8. The molecule has 0 aliphatic heterocycles. The number of hydrogen-bond acceptors (Lipinski definition) is 8. The van der Waals surface area contributed by atoms with Gasteiger partial charge in [-0.1, -0.05) is 49.3 Å². The quantitative estimate of drug-likeness (QED) is 0.341. The Labute approximate surface area is 178 Å². The van der Waals surface area contributed by atoms with Crippen LogP contribution in [0, 0.1) is 0 Å². The van der Waals surface area contributed by atoms with E-state index in [0.29, 0.717) is 18.8 Å². The van der Waals surface area contributed by atoms with Crippen LogP contribution in [0.5, 0.6) is 0 Å². The Hall–Kier alpha value is -4.04. The van der Waals surface area contributed by atoms with Gasteiger partial charge in [0.05, 0.1) is 18.8 Å². The number of aliphatic imine (C=N–C) groups is 4. The average molecular weight is 416 g/mol. The smallest absolute Gasteiger partial charge is 0.211 e. The first kappa shape index (κ1) is 23.2. The summed E-state index contributed by atoms with van der Waals surface area (Å²) in [6.07, 6.45) is 13.6. The zero-order valence-corrected chi connectivity index (χ0v) is 16.8. The Bertz CT molecular complexity index is 1110. The summed E-state index contributed by atoms with van der Waals surface area (Å²) in [4.78, 5) is 54.5. The van der Waals surface area contributed by atoms with E-state index in [1.165, 1.54) is 12.2 Å². The van der Waals surface area contributed by atoms with Crippen molar-refractivity contribution < 1.29 is 19.2 Å². The summed E-state index contributed by atoms with van der Waals surface area (Å²) < 4.78 is 0. The second-order valence-electron chi connectivity index (χ2n) is 6.53. The molecule has 1 unspecified atom stereocenters. The Morgan fingerprint density at radius 1 is 0.774 bits per heavy atom. The first-order valence-corrected chi connectivity index (χ1v) is 9.72. The summed E-state index contributed by atoms with van der Waals surface area (Å²) in [6, 6.07) is 9.13. The average Bonchev–Trinajstić information content (AvgIpc) is 2.79. The van der Waals surface area contributed by atoms with Crippen molar-refractivity contribution in [2.24, 2.45) is 20.0 Å². The van der Waals surface area contributed by atoms with E-state index in [2.05, 4.69) is 20.0 Å². The van der Waals surface area contributed by atoms with Crippen molar-refractivity contribution in [1.82, 2.24) is 0 Å². The number of hydrogen-bond donors (Lipinski definition) is 0. The van der Waals surface area contributed by atoms with Gasteiger partial charge in [-0.25, -0.2) is 29.2 Å². The summed E-state index contributed by atoms with van der Waals surface area (Å²) in [7, 11) is 0. The molecule has 3 rings (SSSR count). The van der Waals surface area contributed by atoms with Gasteiger partial charge in [-0.3, -0.25) is 0 Å². The highest BCUT2D eigenvalue weighted by atomic mass is 16.1. The summed E-state index contributed by atoms with van der Waals surface area (Å²) in [5.41, 5.74) is 2.34. The van der Waals surface area contributed by atoms with Gasteiger partial charge in [0.15, 0.2) is 0 Å². The topological polar surface area (TPSA) is 118 Å². The number of benzene rings is 2. The Morgan fingerprint density at radius 2 is 1.48 bits per heavy atom. The molecular weight excluding hydrogens is 396 g/mol. The fraction of sp³-hybridized carbons (Fsp3) is 0.304. The first-order valence-electron chi connectivity index (χ1n) is 9.72. The zero-order chi connectivity index (χ0) is 22.3.